The van der Waals surface area contributed by atoms with E-state index in [-0.39, 0.29) is 17.5 Å². The minimum absolute atomic E-state index is 0.0388. The average molecular weight is 749 g/mol. The molecule has 2 aromatic carbocycles. The number of nitrogens with one attached hydrogen (secondary N) is 5. The van der Waals surface area contributed by atoms with E-state index in [9.17, 15) is 37.5 Å². The SMILES string of the molecule is COC(=O)[C@H](CNC(=O)C(=O)NC1CCCCC1O)NC(=O)c1ccc(Nc2nc(NC3(c4ccc(Cl)cc4)CC3)nc(OCC(F)(F)F)n2)cc1. The number of rotatable bonds is 13. The van der Waals surface area contributed by atoms with Gasteiger partial charge < -0.3 is 41.2 Å². The van der Waals surface area contributed by atoms with Gasteiger partial charge in [0.05, 0.1) is 24.8 Å². The van der Waals surface area contributed by atoms with E-state index in [0.717, 1.165) is 25.5 Å². The predicted molar refractivity (Wildman–Crippen MR) is 180 cm³/mol. The summed E-state index contributed by atoms with van der Waals surface area (Å²) in [6, 6.07) is 10.3. The third-order valence-corrected chi connectivity index (χ3v) is 8.64. The Morgan fingerprint density at radius 3 is 2.27 bits per heavy atom. The van der Waals surface area contributed by atoms with Crippen LogP contribution in [-0.4, -0.2) is 88.4 Å². The van der Waals surface area contributed by atoms with Crippen LogP contribution in [-0.2, 0) is 24.7 Å². The van der Waals surface area contributed by atoms with Crippen molar-refractivity contribution in [3.8, 4) is 6.01 Å². The zero-order valence-corrected chi connectivity index (χ0v) is 28.5. The van der Waals surface area contributed by atoms with Gasteiger partial charge in [-0.25, -0.2) is 4.79 Å². The number of hydrogen-bond donors (Lipinski definition) is 6. The summed E-state index contributed by atoms with van der Waals surface area (Å²) in [5, 5.41) is 23.8. The molecular formula is C33H36ClF3N8O7. The van der Waals surface area contributed by atoms with E-state index in [4.69, 9.17) is 21.1 Å². The van der Waals surface area contributed by atoms with Crippen LogP contribution in [0.25, 0.3) is 0 Å². The lowest BCUT2D eigenvalue weighted by atomic mass is 9.92. The second kappa shape index (κ2) is 16.4. The second-order valence-corrected chi connectivity index (χ2v) is 12.7. The molecule has 3 aromatic rings. The van der Waals surface area contributed by atoms with Gasteiger partial charge in [-0.2, -0.15) is 28.1 Å². The fourth-order valence-corrected chi connectivity index (χ4v) is 5.60. The highest BCUT2D eigenvalue weighted by molar-refractivity contribution is 6.35. The molecule has 5 rings (SSSR count). The number of hydrogen-bond acceptors (Lipinski definition) is 12. The van der Waals surface area contributed by atoms with E-state index in [1.54, 1.807) is 12.1 Å². The van der Waals surface area contributed by atoms with Crippen LogP contribution in [0, 0.1) is 0 Å². The first kappa shape index (κ1) is 38.0. The first-order chi connectivity index (χ1) is 24.7. The number of ether oxygens (including phenoxy) is 2. The van der Waals surface area contributed by atoms with Gasteiger partial charge in [0.2, 0.25) is 11.9 Å². The molecule has 278 valence electrons. The van der Waals surface area contributed by atoms with Gasteiger partial charge in [0.1, 0.15) is 6.04 Å². The Morgan fingerprint density at radius 1 is 0.962 bits per heavy atom. The first-order valence-corrected chi connectivity index (χ1v) is 16.6. The molecule has 2 unspecified atom stereocenters. The summed E-state index contributed by atoms with van der Waals surface area (Å²) in [5.41, 5.74) is 0.743. The number of alkyl halides is 3. The minimum Gasteiger partial charge on any atom is -0.467 e. The maximum Gasteiger partial charge on any atom is 0.422 e. The Bertz CT molecular complexity index is 1760. The second-order valence-electron chi connectivity index (χ2n) is 12.3. The van der Waals surface area contributed by atoms with Crippen LogP contribution in [0.2, 0.25) is 5.02 Å². The average Bonchev–Trinajstić information content (AvgIpc) is 3.90. The lowest BCUT2D eigenvalue weighted by molar-refractivity contribution is -0.154. The highest BCUT2D eigenvalue weighted by atomic mass is 35.5. The number of aromatic nitrogens is 3. The topological polar surface area (TPSA) is 206 Å². The van der Waals surface area contributed by atoms with Crippen LogP contribution < -0.4 is 31.3 Å². The lowest BCUT2D eigenvalue weighted by Crippen LogP contribution is -2.53. The molecule has 0 radical (unpaired) electrons. The summed E-state index contributed by atoms with van der Waals surface area (Å²) in [6.07, 6.45) is -1.37. The molecule has 2 aliphatic rings. The summed E-state index contributed by atoms with van der Waals surface area (Å²) >= 11 is 6.02. The van der Waals surface area contributed by atoms with E-state index >= 15 is 0 Å². The highest BCUT2D eigenvalue weighted by Crippen LogP contribution is 2.48. The summed E-state index contributed by atoms with van der Waals surface area (Å²) in [6.45, 7) is -2.10. The quantitative estimate of drug-likeness (QED) is 0.110. The third-order valence-electron chi connectivity index (χ3n) is 8.39. The van der Waals surface area contributed by atoms with Crippen molar-refractivity contribution in [2.75, 3.05) is 30.9 Å². The Labute approximate surface area is 300 Å². The summed E-state index contributed by atoms with van der Waals surface area (Å²) in [7, 11) is 1.09. The van der Waals surface area contributed by atoms with Gasteiger partial charge in [-0.1, -0.05) is 36.6 Å². The summed E-state index contributed by atoms with van der Waals surface area (Å²) in [5.74, 6) is -3.85. The number of amides is 3. The van der Waals surface area contributed by atoms with Crippen LogP contribution >= 0.6 is 11.6 Å². The lowest BCUT2D eigenvalue weighted by Gasteiger charge is -2.28. The molecular weight excluding hydrogens is 713 g/mol. The van der Waals surface area contributed by atoms with Crippen LogP contribution in [0.3, 0.4) is 0 Å². The van der Waals surface area contributed by atoms with Gasteiger partial charge in [0.25, 0.3) is 5.91 Å². The normalized spacial score (nSPS) is 18.3. The maximum atomic E-state index is 13.0. The molecule has 15 nitrogen and oxygen atoms in total. The number of nitrogens with zero attached hydrogens (tertiary/aromatic N) is 3. The molecule has 2 saturated carbocycles. The largest absolute Gasteiger partial charge is 0.467 e. The van der Waals surface area contributed by atoms with E-state index in [1.165, 1.54) is 24.3 Å². The fraction of sp³-hybridized carbons (Fsp3) is 0.424. The Kier molecular flexibility index (Phi) is 12.0. The van der Waals surface area contributed by atoms with Crippen LogP contribution in [0.5, 0.6) is 6.01 Å². The van der Waals surface area contributed by atoms with E-state index in [1.807, 2.05) is 12.1 Å². The van der Waals surface area contributed by atoms with E-state index in [2.05, 4.69) is 41.5 Å². The van der Waals surface area contributed by atoms with E-state index < -0.39 is 72.8 Å². The van der Waals surface area contributed by atoms with Gasteiger partial charge in [0, 0.05) is 22.8 Å². The number of aliphatic hydroxyl groups excluding tert-OH is 1. The number of carbonyl (C=O) groups is 4. The molecule has 1 heterocycles. The number of benzene rings is 2. The standard InChI is InChI=1S/C33H36ClF3N8O7/c1-51-28(50)23(16-38-26(48)27(49)40-22-4-2-3-5-24(22)46)41-25(47)18-6-12-21(13-7-18)39-29-42-30(44-31(43-29)52-17-33(35,36)37)45-32(14-15-32)19-8-10-20(34)11-9-19/h6-13,22-24,46H,2-5,14-17H2,1H3,(H,38,48)(H,40,49)(H,41,47)(H2,39,42,43,44,45)/t22?,23-,24?/m0/s1. The number of anilines is 3. The fourth-order valence-electron chi connectivity index (χ4n) is 5.47. The molecule has 19 heteroatoms. The smallest absolute Gasteiger partial charge is 0.422 e. The van der Waals surface area contributed by atoms with Crippen LogP contribution in [0.15, 0.2) is 48.5 Å². The summed E-state index contributed by atoms with van der Waals surface area (Å²) in [4.78, 5) is 62.4. The van der Waals surface area contributed by atoms with Gasteiger partial charge in [-0.3, -0.25) is 14.4 Å². The number of esters is 1. The molecule has 0 bridgehead atoms. The van der Waals surface area contributed by atoms with Crippen molar-refractivity contribution in [1.82, 2.24) is 30.9 Å². The van der Waals surface area contributed by atoms with Gasteiger partial charge in [-0.15, -0.1) is 0 Å². The highest BCUT2D eigenvalue weighted by Gasteiger charge is 2.45. The number of carbonyl (C=O) groups excluding carboxylic acids is 4. The molecule has 0 aliphatic heterocycles. The summed E-state index contributed by atoms with van der Waals surface area (Å²) < 4.78 is 48.3. The van der Waals surface area contributed by atoms with Crippen molar-refractivity contribution >= 4 is 52.9 Å². The molecule has 2 fully saturated rings. The van der Waals surface area contributed by atoms with Crippen molar-refractivity contribution in [1.29, 1.82) is 0 Å². The predicted octanol–water partition coefficient (Wildman–Crippen LogP) is 3.12. The van der Waals surface area contributed by atoms with Gasteiger partial charge in [-0.05, 0) is 67.6 Å². The minimum atomic E-state index is -4.64. The molecule has 3 amide bonds. The van der Waals surface area contributed by atoms with Gasteiger partial charge in [0.15, 0.2) is 6.61 Å². The first-order valence-electron chi connectivity index (χ1n) is 16.3. The molecule has 52 heavy (non-hydrogen) atoms. The van der Waals surface area contributed by atoms with Crippen molar-refractivity contribution in [3.63, 3.8) is 0 Å². The van der Waals surface area contributed by atoms with Crippen LogP contribution in [0.1, 0.15) is 54.4 Å². The molecule has 2 aliphatic carbocycles. The Hall–Kier alpha value is -5.23. The van der Waals surface area contributed by atoms with Crippen LogP contribution in [0.4, 0.5) is 30.8 Å². The molecule has 3 atom stereocenters. The Balaban J connectivity index is 1.23. The van der Waals surface area contributed by atoms with Crippen molar-refractivity contribution < 1.29 is 46.9 Å². The zero-order chi connectivity index (χ0) is 37.5. The van der Waals surface area contributed by atoms with Crippen molar-refractivity contribution in [2.45, 2.75) is 68.4 Å². The zero-order valence-electron chi connectivity index (χ0n) is 27.8. The maximum absolute atomic E-state index is 13.0. The number of methoxy groups -OCH3 is 1. The monoisotopic (exact) mass is 748 g/mol. The molecule has 0 spiro atoms. The van der Waals surface area contributed by atoms with Crippen molar-refractivity contribution in [3.05, 3.63) is 64.7 Å². The molecule has 6 N–H and O–H groups in total. The van der Waals surface area contributed by atoms with Gasteiger partial charge >= 0.3 is 30.0 Å². The van der Waals surface area contributed by atoms with Crippen molar-refractivity contribution in [2.24, 2.45) is 0 Å². The molecule has 1 aromatic heterocycles. The number of aliphatic hydroxyl groups is 1. The number of halogens is 4. The molecule has 0 saturated heterocycles. The Morgan fingerprint density at radius 2 is 1.63 bits per heavy atom. The van der Waals surface area contributed by atoms with E-state index in [0.29, 0.717) is 36.4 Å². The third kappa shape index (κ3) is 10.4.